The second kappa shape index (κ2) is 6.96. The lowest BCUT2D eigenvalue weighted by atomic mass is 10.0. The first-order chi connectivity index (χ1) is 11.6. The van der Waals surface area contributed by atoms with Crippen molar-refractivity contribution in [1.29, 1.82) is 0 Å². The molecule has 1 N–H and O–H groups in total. The van der Waals surface area contributed by atoms with Gasteiger partial charge in [0, 0.05) is 12.5 Å². The number of carbonyl (C=O) groups is 2. The fourth-order valence-corrected chi connectivity index (χ4v) is 2.58. The third kappa shape index (κ3) is 3.43. The molecule has 0 saturated carbocycles. The Morgan fingerprint density at radius 1 is 0.917 bits per heavy atom. The van der Waals surface area contributed by atoms with Gasteiger partial charge in [0.05, 0.1) is 5.69 Å². The molecule has 120 valence electrons. The molecule has 0 bridgehead atoms. The van der Waals surface area contributed by atoms with Gasteiger partial charge in [0.15, 0.2) is 6.61 Å². The molecular weight excluding hydrogens is 302 g/mol. The van der Waals surface area contributed by atoms with Crippen LogP contribution in [0, 0.1) is 0 Å². The van der Waals surface area contributed by atoms with E-state index in [1.165, 1.54) is 6.92 Å². The smallest absolute Gasteiger partial charge is 0.221 e. The number of hydrogen-bond donors (Lipinski definition) is 1. The highest BCUT2D eigenvalue weighted by Gasteiger charge is 2.12. The highest BCUT2D eigenvalue weighted by Crippen LogP contribution is 2.24. The van der Waals surface area contributed by atoms with Gasteiger partial charge in [0.25, 0.3) is 0 Å². The maximum absolute atomic E-state index is 12.6. The molecule has 0 unspecified atom stereocenters. The van der Waals surface area contributed by atoms with Crippen molar-refractivity contribution >= 4 is 28.2 Å². The van der Waals surface area contributed by atoms with E-state index in [0.29, 0.717) is 17.0 Å². The Labute approximate surface area is 140 Å². The van der Waals surface area contributed by atoms with E-state index in [9.17, 15) is 9.59 Å². The third-order valence-electron chi connectivity index (χ3n) is 3.65. The van der Waals surface area contributed by atoms with Gasteiger partial charge in [-0.25, -0.2) is 0 Å². The van der Waals surface area contributed by atoms with Crippen LogP contribution in [0.15, 0.2) is 66.7 Å². The largest absolute Gasteiger partial charge is 0.483 e. The summed E-state index contributed by atoms with van der Waals surface area (Å²) in [5, 5.41) is 4.61. The molecule has 0 aromatic heterocycles. The molecule has 0 heterocycles. The lowest BCUT2D eigenvalue weighted by Crippen LogP contribution is -2.14. The normalized spacial score (nSPS) is 10.4. The first kappa shape index (κ1) is 15.7. The summed E-state index contributed by atoms with van der Waals surface area (Å²) in [7, 11) is 0. The van der Waals surface area contributed by atoms with E-state index in [4.69, 9.17) is 4.74 Å². The monoisotopic (exact) mass is 319 g/mol. The number of ether oxygens (including phenoxy) is 1. The number of ketones is 1. The second-order valence-electron chi connectivity index (χ2n) is 5.42. The molecule has 0 aliphatic rings. The summed E-state index contributed by atoms with van der Waals surface area (Å²) in [5.74, 6) is 0.178. The van der Waals surface area contributed by atoms with E-state index in [2.05, 4.69) is 5.32 Å². The first-order valence-corrected chi connectivity index (χ1v) is 7.65. The molecule has 1 amide bonds. The molecule has 0 saturated heterocycles. The molecule has 0 radical (unpaired) electrons. The number of rotatable bonds is 5. The van der Waals surface area contributed by atoms with E-state index >= 15 is 0 Å². The summed E-state index contributed by atoms with van der Waals surface area (Å²) in [4.78, 5) is 23.8. The zero-order valence-corrected chi connectivity index (χ0v) is 13.3. The number of hydrogen-bond acceptors (Lipinski definition) is 3. The first-order valence-electron chi connectivity index (χ1n) is 7.65. The van der Waals surface area contributed by atoms with Crippen LogP contribution in [0.25, 0.3) is 10.8 Å². The van der Waals surface area contributed by atoms with Gasteiger partial charge < -0.3 is 10.1 Å². The lowest BCUT2D eigenvalue weighted by molar-refractivity contribution is -0.114. The number of carbonyl (C=O) groups excluding carboxylic acids is 2. The average molecular weight is 319 g/mol. The number of nitrogens with one attached hydrogen (secondary N) is 1. The van der Waals surface area contributed by atoms with Crippen molar-refractivity contribution in [3.05, 3.63) is 72.3 Å². The molecule has 0 spiro atoms. The van der Waals surface area contributed by atoms with E-state index < -0.39 is 0 Å². The number of anilines is 1. The quantitative estimate of drug-likeness (QED) is 0.722. The minimum atomic E-state index is -0.188. The number of Topliss-reactive ketones (excluding diaryl/α,β-unsaturated/α-hetero) is 1. The Bertz CT molecular complexity index is 897. The van der Waals surface area contributed by atoms with Crippen molar-refractivity contribution in [3.8, 4) is 5.75 Å². The molecule has 0 fully saturated rings. The minimum absolute atomic E-state index is 0.0927. The molecular formula is C20H17NO3. The van der Waals surface area contributed by atoms with Gasteiger partial charge in [-0.3, -0.25) is 9.59 Å². The van der Waals surface area contributed by atoms with Crippen molar-refractivity contribution in [2.75, 3.05) is 11.9 Å². The summed E-state index contributed by atoms with van der Waals surface area (Å²) in [6.07, 6.45) is 0. The molecule has 24 heavy (non-hydrogen) atoms. The SMILES string of the molecule is CC(=O)Nc1ccccc1OCC(=O)c1cccc2ccccc12. The van der Waals surface area contributed by atoms with Gasteiger partial charge in [-0.15, -0.1) is 0 Å². The average Bonchev–Trinajstić information content (AvgIpc) is 2.60. The Kier molecular flexibility index (Phi) is 4.57. The van der Waals surface area contributed by atoms with Crippen LogP contribution in [0.1, 0.15) is 17.3 Å². The Morgan fingerprint density at radius 3 is 2.46 bits per heavy atom. The van der Waals surface area contributed by atoms with E-state index in [1.807, 2.05) is 36.4 Å². The highest BCUT2D eigenvalue weighted by molar-refractivity contribution is 6.08. The zero-order chi connectivity index (χ0) is 16.9. The summed E-state index contributed by atoms with van der Waals surface area (Å²) in [5.41, 5.74) is 1.18. The van der Waals surface area contributed by atoms with E-state index in [0.717, 1.165) is 10.8 Å². The van der Waals surface area contributed by atoms with Crippen LogP contribution in [0.4, 0.5) is 5.69 Å². The third-order valence-corrected chi connectivity index (χ3v) is 3.65. The maximum atomic E-state index is 12.6. The molecule has 3 rings (SSSR count). The summed E-state index contributed by atoms with van der Waals surface area (Å²) >= 11 is 0. The van der Waals surface area contributed by atoms with Gasteiger partial charge >= 0.3 is 0 Å². The van der Waals surface area contributed by atoms with Gasteiger partial charge in [0.2, 0.25) is 11.7 Å². The topological polar surface area (TPSA) is 55.4 Å². The lowest BCUT2D eigenvalue weighted by Gasteiger charge is -2.11. The van der Waals surface area contributed by atoms with Crippen molar-refractivity contribution in [2.45, 2.75) is 6.92 Å². The summed E-state index contributed by atoms with van der Waals surface area (Å²) in [6.45, 7) is 1.34. The Balaban J connectivity index is 1.80. The molecule has 3 aromatic rings. The molecule has 0 aliphatic heterocycles. The summed E-state index contributed by atoms with van der Waals surface area (Å²) in [6, 6.07) is 20.4. The fourth-order valence-electron chi connectivity index (χ4n) is 2.58. The predicted molar refractivity (Wildman–Crippen MR) is 94.5 cm³/mol. The van der Waals surface area contributed by atoms with Crippen LogP contribution in [0.5, 0.6) is 5.75 Å². The van der Waals surface area contributed by atoms with Crippen molar-refractivity contribution in [2.24, 2.45) is 0 Å². The van der Waals surface area contributed by atoms with Crippen LogP contribution >= 0.6 is 0 Å². The highest BCUT2D eigenvalue weighted by atomic mass is 16.5. The number of para-hydroxylation sites is 2. The molecule has 4 heteroatoms. The Morgan fingerprint density at radius 2 is 1.62 bits per heavy atom. The van der Waals surface area contributed by atoms with Crippen LogP contribution in [0.3, 0.4) is 0 Å². The number of benzene rings is 3. The molecule has 0 atom stereocenters. The molecule has 4 nitrogen and oxygen atoms in total. The standard InChI is InChI=1S/C20H17NO3/c1-14(22)21-18-11-4-5-12-20(18)24-13-19(23)17-10-6-8-15-7-2-3-9-16(15)17/h2-12H,13H2,1H3,(H,21,22). The summed E-state index contributed by atoms with van der Waals surface area (Å²) < 4.78 is 5.64. The van der Waals surface area contributed by atoms with Gasteiger partial charge in [-0.2, -0.15) is 0 Å². The van der Waals surface area contributed by atoms with Crippen LogP contribution in [-0.4, -0.2) is 18.3 Å². The molecule has 3 aromatic carbocycles. The fraction of sp³-hybridized carbons (Fsp3) is 0.100. The van der Waals surface area contributed by atoms with Crippen LogP contribution in [-0.2, 0) is 4.79 Å². The maximum Gasteiger partial charge on any atom is 0.221 e. The van der Waals surface area contributed by atoms with Gasteiger partial charge in [0.1, 0.15) is 5.75 Å². The number of amides is 1. The van der Waals surface area contributed by atoms with Crippen LogP contribution in [0.2, 0.25) is 0 Å². The number of fused-ring (bicyclic) bond motifs is 1. The van der Waals surface area contributed by atoms with Crippen molar-refractivity contribution in [3.63, 3.8) is 0 Å². The minimum Gasteiger partial charge on any atom is -0.483 e. The van der Waals surface area contributed by atoms with Crippen molar-refractivity contribution < 1.29 is 14.3 Å². The van der Waals surface area contributed by atoms with Crippen molar-refractivity contribution in [1.82, 2.24) is 0 Å². The van der Waals surface area contributed by atoms with E-state index in [-0.39, 0.29) is 18.3 Å². The van der Waals surface area contributed by atoms with E-state index in [1.54, 1.807) is 30.3 Å². The van der Waals surface area contributed by atoms with Gasteiger partial charge in [-0.1, -0.05) is 54.6 Å². The predicted octanol–water partition coefficient (Wildman–Crippen LogP) is 4.06. The Hall–Kier alpha value is -3.14. The second-order valence-corrected chi connectivity index (χ2v) is 5.42. The zero-order valence-electron chi connectivity index (χ0n) is 13.3. The van der Waals surface area contributed by atoms with Crippen LogP contribution < -0.4 is 10.1 Å². The molecule has 0 aliphatic carbocycles. The van der Waals surface area contributed by atoms with Gasteiger partial charge in [-0.05, 0) is 22.9 Å².